The molecule has 2 aliphatic rings. The second kappa shape index (κ2) is 5.76. The first-order valence-electron chi connectivity index (χ1n) is 8.02. The summed E-state index contributed by atoms with van der Waals surface area (Å²) in [6.07, 6.45) is 3.98. The van der Waals surface area contributed by atoms with E-state index in [2.05, 4.69) is 51.0 Å². The summed E-state index contributed by atoms with van der Waals surface area (Å²) in [6.45, 7) is 3.95. The highest BCUT2D eigenvalue weighted by Gasteiger charge is 2.44. The standard InChI is InChI=1S/C17H19N5O2/c1-11-3-2-4-13(5-11)21-9-15-6-14(21)10-22(15)17-18-7-12(8-19-17)16(23)20-24/h2-5,7-8,14-15,24H,6,9-10H2,1H3,(H,20,23)/t14-,15-/m0/s1. The second-order valence-corrected chi connectivity index (χ2v) is 6.40. The topological polar surface area (TPSA) is 81.6 Å². The van der Waals surface area contributed by atoms with Crippen LogP contribution in [0.4, 0.5) is 11.6 Å². The number of anilines is 2. The van der Waals surface area contributed by atoms with Crippen LogP contribution in [0, 0.1) is 6.92 Å². The molecule has 2 N–H and O–H groups in total. The van der Waals surface area contributed by atoms with Gasteiger partial charge < -0.3 is 9.80 Å². The normalized spacial score (nSPS) is 22.1. The number of hydrogen-bond donors (Lipinski definition) is 2. The van der Waals surface area contributed by atoms with Crippen LogP contribution in [0.2, 0.25) is 0 Å². The minimum atomic E-state index is -0.602. The van der Waals surface area contributed by atoms with Crippen molar-refractivity contribution in [2.24, 2.45) is 0 Å². The Morgan fingerprint density at radius 2 is 1.92 bits per heavy atom. The molecular weight excluding hydrogens is 306 g/mol. The first-order valence-corrected chi connectivity index (χ1v) is 8.02. The molecule has 2 fully saturated rings. The summed E-state index contributed by atoms with van der Waals surface area (Å²) in [6, 6.07) is 9.44. The fraction of sp³-hybridized carbons (Fsp3) is 0.353. The number of fused-ring (bicyclic) bond motifs is 2. The van der Waals surface area contributed by atoms with Crippen molar-refractivity contribution < 1.29 is 10.0 Å². The second-order valence-electron chi connectivity index (χ2n) is 6.40. The summed E-state index contributed by atoms with van der Waals surface area (Å²) in [7, 11) is 0. The first kappa shape index (κ1) is 14.9. The molecule has 3 heterocycles. The largest absolute Gasteiger partial charge is 0.365 e. The molecule has 0 spiro atoms. The Labute approximate surface area is 139 Å². The predicted molar refractivity (Wildman–Crippen MR) is 89.3 cm³/mol. The zero-order valence-corrected chi connectivity index (χ0v) is 13.4. The monoisotopic (exact) mass is 325 g/mol. The number of amides is 1. The number of carbonyl (C=O) groups is 1. The van der Waals surface area contributed by atoms with E-state index in [4.69, 9.17) is 5.21 Å². The van der Waals surface area contributed by atoms with Crippen molar-refractivity contribution in [3.63, 3.8) is 0 Å². The van der Waals surface area contributed by atoms with Crippen LogP contribution in [0.5, 0.6) is 0 Å². The Kier molecular flexibility index (Phi) is 3.57. The van der Waals surface area contributed by atoms with Gasteiger partial charge >= 0.3 is 0 Å². The number of nitrogens with zero attached hydrogens (tertiary/aromatic N) is 4. The lowest BCUT2D eigenvalue weighted by molar-refractivity contribution is 0.0705. The molecule has 2 atom stereocenters. The lowest BCUT2D eigenvalue weighted by atomic mass is 10.2. The van der Waals surface area contributed by atoms with Crippen LogP contribution in [0.1, 0.15) is 22.3 Å². The Morgan fingerprint density at radius 1 is 1.21 bits per heavy atom. The number of benzene rings is 1. The number of hydroxylamine groups is 1. The number of piperazine rings is 1. The molecule has 0 radical (unpaired) electrons. The molecule has 1 aromatic heterocycles. The van der Waals surface area contributed by atoms with Gasteiger partial charge in [-0.1, -0.05) is 12.1 Å². The molecule has 4 rings (SSSR count). The van der Waals surface area contributed by atoms with Crippen molar-refractivity contribution in [2.75, 3.05) is 22.9 Å². The molecular formula is C17H19N5O2. The van der Waals surface area contributed by atoms with Crippen LogP contribution in [-0.2, 0) is 0 Å². The van der Waals surface area contributed by atoms with Crippen molar-refractivity contribution in [3.05, 3.63) is 47.8 Å². The van der Waals surface area contributed by atoms with Gasteiger partial charge in [0.1, 0.15) is 0 Å². The van der Waals surface area contributed by atoms with Crippen LogP contribution < -0.4 is 15.3 Å². The summed E-state index contributed by atoms with van der Waals surface area (Å²) in [5.41, 5.74) is 4.38. The van der Waals surface area contributed by atoms with Crippen LogP contribution >= 0.6 is 0 Å². The maximum Gasteiger partial charge on any atom is 0.277 e. The molecule has 2 aromatic rings. The van der Waals surface area contributed by atoms with Crippen LogP contribution in [0.15, 0.2) is 36.7 Å². The van der Waals surface area contributed by atoms with E-state index in [9.17, 15) is 4.79 Å². The fourth-order valence-electron chi connectivity index (χ4n) is 3.69. The molecule has 2 saturated heterocycles. The molecule has 0 saturated carbocycles. The number of aromatic nitrogens is 2. The average Bonchev–Trinajstić information content (AvgIpc) is 3.22. The molecule has 7 heteroatoms. The third kappa shape index (κ3) is 2.46. The zero-order chi connectivity index (χ0) is 16.7. The summed E-state index contributed by atoms with van der Waals surface area (Å²) in [4.78, 5) is 24.6. The maximum atomic E-state index is 11.3. The number of nitrogens with one attached hydrogen (secondary N) is 1. The summed E-state index contributed by atoms with van der Waals surface area (Å²) in [5.74, 6) is 0.0380. The molecule has 1 aromatic carbocycles. The minimum Gasteiger partial charge on any atom is -0.365 e. The van der Waals surface area contributed by atoms with Gasteiger partial charge in [-0.3, -0.25) is 10.0 Å². The lowest BCUT2D eigenvalue weighted by Crippen LogP contribution is -2.47. The van der Waals surface area contributed by atoms with Gasteiger partial charge in [-0.2, -0.15) is 0 Å². The first-order chi connectivity index (χ1) is 11.7. The van der Waals surface area contributed by atoms with E-state index < -0.39 is 5.91 Å². The molecule has 0 unspecified atom stereocenters. The molecule has 2 aliphatic heterocycles. The van der Waals surface area contributed by atoms with Crippen molar-refractivity contribution in [1.82, 2.24) is 15.4 Å². The molecule has 7 nitrogen and oxygen atoms in total. The smallest absolute Gasteiger partial charge is 0.277 e. The number of carbonyl (C=O) groups excluding carboxylic acids is 1. The van der Waals surface area contributed by atoms with Crippen molar-refractivity contribution in [3.8, 4) is 0 Å². The van der Waals surface area contributed by atoms with Crippen molar-refractivity contribution >= 4 is 17.5 Å². The van der Waals surface area contributed by atoms with E-state index >= 15 is 0 Å². The zero-order valence-electron chi connectivity index (χ0n) is 13.4. The lowest BCUT2D eigenvalue weighted by Gasteiger charge is -2.35. The van der Waals surface area contributed by atoms with Crippen LogP contribution in [-0.4, -0.2) is 46.3 Å². The van der Waals surface area contributed by atoms with Gasteiger partial charge in [0, 0.05) is 37.2 Å². The summed E-state index contributed by atoms with van der Waals surface area (Å²) >= 11 is 0. The molecule has 124 valence electrons. The molecule has 2 bridgehead atoms. The highest BCUT2D eigenvalue weighted by molar-refractivity contribution is 5.92. The summed E-state index contributed by atoms with van der Waals surface area (Å²) in [5, 5.41) is 8.64. The van der Waals surface area contributed by atoms with E-state index in [0.29, 0.717) is 18.0 Å². The van der Waals surface area contributed by atoms with E-state index in [0.717, 1.165) is 19.5 Å². The maximum absolute atomic E-state index is 11.3. The predicted octanol–water partition coefficient (Wildman–Crippen LogP) is 1.37. The van der Waals surface area contributed by atoms with Gasteiger partial charge in [0.05, 0.1) is 11.6 Å². The Hall–Kier alpha value is -2.67. The molecule has 24 heavy (non-hydrogen) atoms. The fourth-order valence-corrected chi connectivity index (χ4v) is 3.69. The average molecular weight is 325 g/mol. The third-order valence-corrected chi connectivity index (χ3v) is 4.83. The van der Waals surface area contributed by atoms with E-state index in [1.165, 1.54) is 23.6 Å². The van der Waals surface area contributed by atoms with Gasteiger partial charge in [-0.05, 0) is 31.0 Å². The molecule has 0 aliphatic carbocycles. The Balaban J connectivity index is 1.49. The Bertz CT molecular complexity index is 764. The van der Waals surface area contributed by atoms with Gasteiger partial charge in [0.25, 0.3) is 5.91 Å². The quantitative estimate of drug-likeness (QED) is 0.655. The highest BCUT2D eigenvalue weighted by Crippen LogP contribution is 2.36. The van der Waals surface area contributed by atoms with Crippen molar-refractivity contribution in [1.29, 1.82) is 0 Å². The SMILES string of the molecule is Cc1cccc(N2C[C@@H]3C[C@H]2CN3c2ncc(C(=O)NO)cn2)c1. The minimum absolute atomic E-state index is 0.243. The van der Waals surface area contributed by atoms with Crippen LogP contribution in [0.3, 0.4) is 0 Å². The highest BCUT2D eigenvalue weighted by atomic mass is 16.5. The molecule has 1 amide bonds. The van der Waals surface area contributed by atoms with Gasteiger partial charge in [-0.15, -0.1) is 0 Å². The van der Waals surface area contributed by atoms with Crippen molar-refractivity contribution in [2.45, 2.75) is 25.4 Å². The van der Waals surface area contributed by atoms with Gasteiger partial charge in [0.2, 0.25) is 5.95 Å². The number of rotatable bonds is 3. The van der Waals surface area contributed by atoms with E-state index in [1.807, 2.05) is 0 Å². The van der Waals surface area contributed by atoms with Gasteiger partial charge in [-0.25, -0.2) is 15.4 Å². The number of aryl methyl sites for hydroxylation is 1. The van der Waals surface area contributed by atoms with Crippen LogP contribution in [0.25, 0.3) is 0 Å². The van der Waals surface area contributed by atoms with E-state index in [-0.39, 0.29) is 5.56 Å². The third-order valence-electron chi connectivity index (χ3n) is 4.83. The van der Waals surface area contributed by atoms with E-state index in [1.54, 1.807) is 5.48 Å². The Morgan fingerprint density at radius 3 is 2.54 bits per heavy atom. The number of hydrogen-bond acceptors (Lipinski definition) is 6. The van der Waals surface area contributed by atoms with Gasteiger partial charge in [0.15, 0.2) is 0 Å². The summed E-state index contributed by atoms with van der Waals surface area (Å²) < 4.78 is 0.